The normalized spacial score (nSPS) is 13.9. The Morgan fingerprint density at radius 1 is 1.27 bits per heavy atom. The molecule has 1 unspecified atom stereocenters. The van der Waals surface area contributed by atoms with Crippen LogP contribution < -0.4 is 5.73 Å². The molecule has 0 spiro atoms. The van der Waals surface area contributed by atoms with Crippen molar-refractivity contribution in [3.8, 4) is 0 Å². The summed E-state index contributed by atoms with van der Waals surface area (Å²) in [5, 5.41) is 0.727. The van der Waals surface area contributed by atoms with E-state index in [2.05, 4.69) is 0 Å². The smallest absolute Gasteiger partial charge is 0.0954 e. The highest BCUT2D eigenvalue weighted by molar-refractivity contribution is 6.30. The van der Waals surface area contributed by atoms with Crippen molar-refractivity contribution in [2.45, 2.75) is 32.5 Å². The molecular formula is C12H18ClNO. The van der Waals surface area contributed by atoms with E-state index in [0.717, 1.165) is 10.6 Å². The van der Waals surface area contributed by atoms with Crippen LogP contribution in [-0.2, 0) is 4.74 Å². The van der Waals surface area contributed by atoms with E-state index in [9.17, 15) is 0 Å². The van der Waals surface area contributed by atoms with Crippen LogP contribution in [-0.4, -0.2) is 12.1 Å². The third kappa shape index (κ3) is 4.20. The number of nitrogens with two attached hydrogens (primary N) is 1. The lowest BCUT2D eigenvalue weighted by molar-refractivity contribution is -0.0572. The van der Waals surface area contributed by atoms with Crippen LogP contribution in [0.1, 0.15) is 32.4 Å². The molecule has 84 valence electrons. The van der Waals surface area contributed by atoms with E-state index in [-0.39, 0.29) is 11.7 Å². The largest absolute Gasteiger partial charge is 0.367 e. The van der Waals surface area contributed by atoms with Gasteiger partial charge in [-0.1, -0.05) is 23.7 Å². The van der Waals surface area contributed by atoms with Gasteiger partial charge in [0, 0.05) is 11.6 Å². The Balaban J connectivity index is 2.79. The van der Waals surface area contributed by atoms with Crippen molar-refractivity contribution < 1.29 is 4.74 Å². The van der Waals surface area contributed by atoms with E-state index in [0.29, 0.717) is 6.54 Å². The SMILES string of the molecule is CC(C)(C)OC(CN)c1ccc(Cl)cc1. The first-order chi connectivity index (χ1) is 6.92. The molecule has 0 heterocycles. The Morgan fingerprint density at radius 3 is 2.20 bits per heavy atom. The van der Waals surface area contributed by atoms with E-state index in [4.69, 9.17) is 22.1 Å². The second-order valence-corrected chi connectivity index (χ2v) is 4.94. The Bertz CT molecular complexity index is 302. The highest BCUT2D eigenvalue weighted by Gasteiger charge is 2.18. The summed E-state index contributed by atoms with van der Waals surface area (Å²) in [6.45, 7) is 6.53. The van der Waals surface area contributed by atoms with Gasteiger partial charge in [-0.2, -0.15) is 0 Å². The maximum Gasteiger partial charge on any atom is 0.0954 e. The molecule has 0 aromatic heterocycles. The van der Waals surface area contributed by atoms with Gasteiger partial charge in [0.2, 0.25) is 0 Å². The number of hydrogen-bond acceptors (Lipinski definition) is 2. The van der Waals surface area contributed by atoms with Gasteiger partial charge in [-0.25, -0.2) is 0 Å². The summed E-state index contributed by atoms with van der Waals surface area (Å²) < 4.78 is 5.84. The van der Waals surface area contributed by atoms with Crippen molar-refractivity contribution in [1.82, 2.24) is 0 Å². The van der Waals surface area contributed by atoms with Gasteiger partial charge in [-0.3, -0.25) is 0 Å². The average molecular weight is 228 g/mol. The molecule has 0 bridgehead atoms. The van der Waals surface area contributed by atoms with Gasteiger partial charge in [0.15, 0.2) is 0 Å². The molecule has 3 heteroatoms. The van der Waals surface area contributed by atoms with Crippen LogP contribution >= 0.6 is 11.6 Å². The minimum Gasteiger partial charge on any atom is -0.367 e. The number of ether oxygens (including phenoxy) is 1. The van der Waals surface area contributed by atoms with Crippen LogP contribution in [0, 0.1) is 0 Å². The molecule has 2 N–H and O–H groups in total. The molecule has 0 radical (unpaired) electrons. The van der Waals surface area contributed by atoms with Crippen LogP contribution in [0.5, 0.6) is 0 Å². The molecule has 2 nitrogen and oxygen atoms in total. The number of hydrogen-bond donors (Lipinski definition) is 1. The Labute approximate surface area is 96.4 Å². The van der Waals surface area contributed by atoms with Gasteiger partial charge in [0.05, 0.1) is 11.7 Å². The molecule has 0 saturated heterocycles. The molecule has 0 amide bonds. The minimum atomic E-state index is -0.191. The Morgan fingerprint density at radius 2 is 1.80 bits per heavy atom. The van der Waals surface area contributed by atoms with Gasteiger partial charge >= 0.3 is 0 Å². The fourth-order valence-electron chi connectivity index (χ4n) is 1.36. The maximum absolute atomic E-state index is 5.84. The first-order valence-corrected chi connectivity index (χ1v) is 5.43. The molecule has 0 aliphatic heterocycles. The Kier molecular flexibility index (Phi) is 4.14. The van der Waals surface area contributed by atoms with Crippen LogP contribution in [0.3, 0.4) is 0 Å². The molecule has 15 heavy (non-hydrogen) atoms. The van der Waals surface area contributed by atoms with Crippen LogP contribution in [0.2, 0.25) is 5.02 Å². The monoisotopic (exact) mass is 227 g/mol. The fraction of sp³-hybridized carbons (Fsp3) is 0.500. The molecule has 1 aromatic rings. The highest BCUT2D eigenvalue weighted by Crippen LogP contribution is 2.24. The minimum absolute atomic E-state index is 0.0673. The predicted octanol–water partition coefficient (Wildman–Crippen LogP) is 3.15. The third-order valence-corrected chi connectivity index (χ3v) is 2.20. The van der Waals surface area contributed by atoms with E-state index in [1.165, 1.54) is 0 Å². The van der Waals surface area contributed by atoms with Crippen LogP contribution in [0.4, 0.5) is 0 Å². The third-order valence-electron chi connectivity index (χ3n) is 1.95. The van der Waals surface area contributed by atoms with Crippen molar-refractivity contribution in [2.24, 2.45) is 5.73 Å². The van der Waals surface area contributed by atoms with Gasteiger partial charge in [0.1, 0.15) is 0 Å². The molecule has 0 saturated carbocycles. The molecule has 0 fully saturated rings. The zero-order valence-corrected chi connectivity index (χ0v) is 10.2. The van der Waals surface area contributed by atoms with E-state index < -0.39 is 0 Å². The lowest BCUT2D eigenvalue weighted by atomic mass is 10.1. The molecule has 1 aromatic carbocycles. The second-order valence-electron chi connectivity index (χ2n) is 4.51. The number of benzene rings is 1. The van der Waals surface area contributed by atoms with Crippen molar-refractivity contribution in [3.05, 3.63) is 34.9 Å². The van der Waals surface area contributed by atoms with Gasteiger partial charge in [-0.15, -0.1) is 0 Å². The summed E-state index contributed by atoms with van der Waals surface area (Å²) in [4.78, 5) is 0. The van der Waals surface area contributed by atoms with E-state index in [1.807, 2.05) is 45.0 Å². The summed E-state index contributed by atoms with van der Waals surface area (Å²) >= 11 is 5.82. The van der Waals surface area contributed by atoms with Crippen molar-refractivity contribution in [3.63, 3.8) is 0 Å². The van der Waals surface area contributed by atoms with Gasteiger partial charge in [-0.05, 0) is 38.5 Å². The predicted molar refractivity (Wildman–Crippen MR) is 64.1 cm³/mol. The molecule has 0 aliphatic rings. The first-order valence-electron chi connectivity index (χ1n) is 5.06. The molecule has 1 atom stereocenters. The van der Waals surface area contributed by atoms with Crippen molar-refractivity contribution in [1.29, 1.82) is 0 Å². The summed E-state index contributed by atoms with van der Waals surface area (Å²) in [6.07, 6.45) is -0.0673. The summed E-state index contributed by atoms with van der Waals surface area (Å²) in [5.74, 6) is 0. The fourth-order valence-corrected chi connectivity index (χ4v) is 1.48. The van der Waals surface area contributed by atoms with Crippen molar-refractivity contribution in [2.75, 3.05) is 6.54 Å². The Hall–Kier alpha value is -0.570. The van der Waals surface area contributed by atoms with Crippen molar-refractivity contribution >= 4 is 11.6 Å². The zero-order chi connectivity index (χ0) is 11.5. The lowest BCUT2D eigenvalue weighted by Crippen LogP contribution is -2.27. The number of rotatable bonds is 3. The van der Waals surface area contributed by atoms with Crippen LogP contribution in [0.25, 0.3) is 0 Å². The average Bonchev–Trinajstić information content (AvgIpc) is 2.14. The van der Waals surface area contributed by atoms with E-state index >= 15 is 0 Å². The molecular weight excluding hydrogens is 210 g/mol. The lowest BCUT2D eigenvalue weighted by Gasteiger charge is -2.27. The standard InChI is InChI=1S/C12H18ClNO/c1-12(2,3)15-11(8-14)9-4-6-10(13)7-5-9/h4-7,11H,8,14H2,1-3H3. The topological polar surface area (TPSA) is 35.2 Å². The molecule has 0 aliphatic carbocycles. The summed E-state index contributed by atoms with van der Waals surface area (Å²) in [6, 6.07) is 7.61. The maximum atomic E-state index is 5.84. The summed E-state index contributed by atoms with van der Waals surface area (Å²) in [7, 11) is 0. The quantitative estimate of drug-likeness (QED) is 0.861. The van der Waals surface area contributed by atoms with E-state index in [1.54, 1.807) is 0 Å². The molecule has 1 rings (SSSR count). The van der Waals surface area contributed by atoms with Gasteiger partial charge < -0.3 is 10.5 Å². The van der Waals surface area contributed by atoms with Crippen LogP contribution in [0.15, 0.2) is 24.3 Å². The summed E-state index contributed by atoms with van der Waals surface area (Å²) in [5.41, 5.74) is 6.57. The zero-order valence-electron chi connectivity index (χ0n) is 9.46. The first kappa shape index (κ1) is 12.5. The van der Waals surface area contributed by atoms with Gasteiger partial charge in [0.25, 0.3) is 0 Å². The number of halogens is 1. The highest BCUT2D eigenvalue weighted by atomic mass is 35.5. The second kappa shape index (κ2) is 4.97.